The Bertz CT molecular complexity index is 1200. The number of fused-ring (bicyclic) bond motifs is 1. The molecule has 0 saturated heterocycles. The molecular formula is C24H19BrN4O3. The minimum absolute atomic E-state index is 0.134. The number of amides is 1. The van der Waals surface area contributed by atoms with Crippen molar-refractivity contribution in [2.75, 3.05) is 19.7 Å². The van der Waals surface area contributed by atoms with Gasteiger partial charge in [0.1, 0.15) is 0 Å². The number of rotatable bonds is 8. The molecule has 8 heteroatoms. The molecule has 0 aliphatic heterocycles. The Morgan fingerprint density at radius 3 is 2.34 bits per heavy atom. The summed E-state index contributed by atoms with van der Waals surface area (Å²) in [7, 11) is 0. The summed E-state index contributed by atoms with van der Waals surface area (Å²) in [5.74, 6) is -1.10. The number of ether oxygens (including phenoxy) is 1. The standard InChI is InChI=1S/C24H19BrN4O3/c25-18-8-9-21-19(14-18)20(15-22(28-21)17-6-2-1-3-7-17)24(31)32-16-23(30)29(12-4-10-26)13-5-11-27/h1-3,6-9,14-15H,4-5,12-13,16H2. The number of hydrogen-bond acceptors (Lipinski definition) is 6. The summed E-state index contributed by atoms with van der Waals surface area (Å²) in [6.45, 7) is -0.121. The van der Waals surface area contributed by atoms with Gasteiger partial charge in [-0.1, -0.05) is 46.3 Å². The first-order valence-corrected chi connectivity index (χ1v) is 10.7. The molecule has 0 N–H and O–H groups in total. The van der Waals surface area contributed by atoms with E-state index in [4.69, 9.17) is 15.3 Å². The first-order chi connectivity index (χ1) is 15.5. The molecule has 0 aliphatic carbocycles. The van der Waals surface area contributed by atoms with Gasteiger partial charge in [-0.15, -0.1) is 0 Å². The molecule has 0 aliphatic rings. The molecule has 3 aromatic rings. The molecule has 0 unspecified atom stereocenters. The average Bonchev–Trinajstić information content (AvgIpc) is 2.82. The van der Waals surface area contributed by atoms with Gasteiger partial charge in [0, 0.05) is 28.5 Å². The van der Waals surface area contributed by atoms with E-state index in [2.05, 4.69) is 20.9 Å². The number of pyridine rings is 1. The highest BCUT2D eigenvalue weighted by Crippen LogP contribution is 2.27. The van der Waals surface area contributed by atoms with Gasteiger partial charge >= 0.3 is 5.97 Å². The maximum atomic E-state index is 13.0. The van der Waals surface area contributed by atoms with E-state index in [0.29, 0.717) is 22.2 Å². The second-order valence-corrected chi connectivity index (χ2v) is 7.77. The van der Waals surface area contributed by atoms with Gasteiger partial charge < -0.3 is 9.64 Å². The summed E-state index contributed by atoms with van der Waals surface area (Å²) in [5, 5.41) is 18.2. The van der Waals surface area contributed by atoms with Gasteiger partial charge in [0.05, 0.1) is 41.8 Å². The zero-order valence-electron chi connectivity index (χ0n) is 17.1. The molecule has 160 valence electrons. The highest BCUT2D eigenvalue weighted by atomic mass is 79.9. The number of benzene rings is 2. The molecule has 1 heterocycles. The van der Waals surface area contributed by atoms with Gasteiger partial charge in [-0.3, -0.25) is 4.79 Å². The minimum atomic E-state index is -0.651. The summed E-state index contributed by atoms with van der Waals surface area (Å²) in [5.41, 5.74) is 2.38. The largest absolute Gasteiger partial charge is 0.452 e. The maximum Gasteiger partial charge on any atom is 0.339 e. The third-order valence-electron chi connectivity index (χ3n) is 4.73. The number of nitrogens with zero attached hydrogens (tertiary/aromatic N) is 4. The quantitative estimate of drug-likeness (QED) is 0.430. The number of halogens is 1. The van der Waals surface area contributed by atoms with Gasteiger partial charge in [-0.05, 0) is 24.3 Å². The van der Waals surface area contributed by atoms with Crippen LogP contribution in [0.2, 0.25) is 0 Å². The molecule has 1 amide bonds. The van der Waals surface area contributed by atoms with E-state index in [9.17, 15) is 9.59 Å². The van der Waals surface area contributed by atoms with E-state index in [-0.39, 0.29) is 25.9 Å². The molecule has 2 aromatic carbocycles. The first-order valence-electron chi connectivity index (χ1n) is 9.88. The number of nitriles is 2. The van der Waals surface area contributed by atoms with Crippen molar-refractivity contribution in [3.63, 3.8) is 0 Å². The second-order valence-electron chi connectivity index (χ2n) is 6.86. The lowest BCUT2D eigenvalue weighted by atomic mass is 10.0. The van der Waals surface area contributed by atoms with Crippen molar-refractivity contribution >= 4 is 38.7 Å². The molecule has 7 nitrogen and oxygen atoms in total. The molecule has 0 fully saturated rings. The zero-order valence-corrected chi connectivity index (χ0v) is 18.7. The highest BCUT2D eigenvalue weighted by molar-refractivity contribution is 9.10. The van der Waals surface area contributed by atoms with Crippen LogP contribution >= 0.6 is 15.9 Å². The van der Waals surface area contributed by atoms with Crippen LogP contribution in [-0.2, 0) is 9.53 Å². The number of carbonyl (C=O) groups excluding carboxylic acids is 2. The summed E-state index contributed by atoms with van der Waals surface area (Å²) < 4.78 is 6.11. The highest BCUT2D eigenvalue weighted by Gasteiger charge is 2.19. The topological polar surface area (TPSA) is 107 Å². The fourth-order valence-electron chi connectivity index (χ4n) is 3.15. The van der Waals surface area contributed by atoms with Crippen LogP contribution in [0.15, 0.2) is 59.1 Å². The lowest BCUT2D eigenvalue weighted by Gasteiger charge is -2.20. The molecule has 0 saturated carbocycles. The molecular weight excluding hydrogens is 472 g/mol. The fraction of sp³-hybridized carbons (Fsp3) is 0.208. The third-order valence-corrected chi connectivity index (χ3v) is 5.22. The summed E-state index contributed by atoms with van der Waals surface area (Å²) >= 11 is 3.42. The van der Waals surface area contributed by atoms with Crippen LogP contribution in [0, 0.1) is 22.7 Å². The fourth-order valence-corrected chi connectivity index (χ4v) is 3.51. The lowest BCUT2D eigenvalue weighted by Crippen LogP contribution is -2.36. The van der Waals surface area contributed by atoms with Gasteiger partial charge in [0.15, 0.2) is 6.61 Å². The van der Waals surface area contributed by atoms with Crippen LogP contribution in [-0.4, -0.2) is 41.5 Å². The Hall–Kier alpha value is -3.75. The minimum Gasteiger partial charge on any atom is -0.452 e. The van der Waals surface area contributed by atoms with Crippen molar-refractivity contribution < 1.29 is 14.3 Å². The smallest absolute Gasteiger partial charge is 0.339 e. The zero-order chi connectivity index (χ0) is 22.9. The van der Waals surface area contributed by atoms with Crippen molar-refractivity contribution in [2.24, 2.45) is 0 Å². The Labute approximate surface area is 194 Å². The van der Waals surface area contributed by atoms with Gasteiger partial charge in [0.25, 0.3) is 5.91 Å². The van der Waals surface area contributed by atoms with Crippen LogP contribution in [0.1, 0.15) is 23.2 Å². The van der Waals surface area contributed by atoms with E-state index in [1.165, 1.54) is 4.90 Å². The number of esters is 1. The summed E-state index contributed by atoms with van der Waals surface area (Å²) in [6, 6.07) is 20.5. The van der Waals surface area contributed by atoms with E-state index < -0.39 is 18.5 Å². The normalized spacial score (nSPS) is 10.2. The van der Waals surface area contributed by atoms with Crippen LogP contribution in [0.5, 0.6) is 0 Å². The van der Waals surface area contributed by atoms with Crippen molar-refractivity contribution in [3.8, 4) is 23.4 Å². The molecule has 3 rings (SSSR count). The Kier molecular flexibility index (Phi) is 7.91. The molecule has 32 heavy (non-hydrogen) atoms. The maximum absolute atomic E-state index is 13.0. The van der Waals surface area contributed by atoms with Crippen molar-refractivity contribution in [1.82, 2.24) is 9.88 Å². The average molecular weight is 491 g/mol. The van der Waals surface area contributed by atoms with Crippen LogP contribution in [0.4, 0.5) is 0 Å². The molecule has 0 atom stereocenters. The molecule has 0 bridgehead atoms. The second kappa shape index (κ2) is 11.0. The van der Waals surface area contributed by atoms with Gasteiger partial charge in [-0.2, -0.15) is 10.5 Å². The first kappa shape index (κ1) is 22.9. The number of aromatic nitrogens is 1. The predicted molar refractivity (Wildman–Crippen MR) is 122 cm³/mol. The lowest BCUT2D eigenvalue weighted by molar-refractivity contribution is -0.134. The van der Waals surface area contributed by atoms with E-state index in [1.54, 1.807) is 18.2 Å². The van der Waals surface area contributed by atoms with Gasteiger partial charge in [0.2, 0.25) is 0 Å². The number of carbonyl (C=O) groups is 2. The molecule has 0 spiro atoms. The Balaban J connectivity index is 1.86. The van der Waals surface area contributed by atoms with Crippen LogP contribution in [0.25, 0.3) is 22.2 Å². The third kappa shape index (κ3) is 5.69. The Morgan fingerprint density at radius 1 is 1.00 bits per heavy atom. The predicted octanol–water partition coefficient (Wildman–Crippen LogP) is 4.48. The van der Waals surface area contributed by atoms with E-state index in [0.717, 1.165) is 10.0 Å². The van der Waals surface area contributed by atoms with Crippen molar-refractivity contribution in [1.29, 1.82) is 10.5 Å². The van der Waals surface area contributed by atoms with Gasteiger partial charge in [-0.25, -0.2) is 9.78 Å². The molecule has 0 radical (unpaired) electrons. The number of hydrogen-bond donors (Lipinski definition) is 0. The Morgan fingerprint density at radius 2 is 1.69 bits per heavy atom. The van der Waals surface area contributed by atoms with Crippen molar-refractivity contribution in [3.05, 3.63) is 64.6 Å². The SMILES string of the molecule is N#CCCN(CCC#N)C(=O)COC(=O)c1cc(-c2ccccc2)nc2ccc(Br)cc12. The monoisotopic (exact) mass is 490 g/mol. The molecule has 1 aromatic heterocycles. The summed E-state index contributed by atoms with van der Waals surface area (Å²) in [4.78, 5) is 31.5. The van der Waals surface area contributed by atoms with E-state index in [1.807, 2.05) is 48.5 Å². The van der Waals surface area contributed by atoms with Crippen molar-refractivity contribution in [2.45, 2.75) is 12.8 Å². The summed E-state index contributed by atoms with van der Waals surface area (Å²) in [6.07, 6.45) is 0.267. The van der Waals surface area contributed by atoms with Crippen LogP contribution in [0.3, 0.4) is 0 Å². The van der Waals surface area contributed by atoms with E-state index >= 15 is 0 Å². The van der Waals surface area contributed by atoms with Crippen LogP contribution < -0.4 is 0 Å².